The van der Waals surface area contributed by atoms with Gasteiger partial charge in [-0.2, -0.15) is 0 Å². The van der Waals surface area contributed by atoms with Gasteiger partial charge >= 0.3 is 13.1 Å². The second kappa shape index (κ2) is 10.9. The third-order valence-corrected chi connectivity index (χ3v) is 8.41. The van der Waals surface area contributed by atoms with Crippen LogP contribution in [0, 0.1) is 17.8 Å². The van der Waals surface area contributed by atoms with E-state index in [-0.39, 0.29) is 29.9 Å². The minimum atomic E-state index is -1.17. The standard InChI is InChI=1S/C29H34BNO7/c1-2-8-17-15-22-26(29(36)31(28(22)35)14-7-3-4-11-25(33)34)21-16-24(38-30(37)27(17)21)20-12-13-23(32)19-10-6-5-9-18(19)20/h5-6,9-10,12-13,21-22,24,26,32,37H,2-4,7-8,11,14-16H2,1H3,(H,33,34)/t21-,22-,24-,26+/m0/s1. The van der Waals surface area contributed by atoms with Gasteiger partial charge in [0.1, 0.15) is 5.75 Å². The molecule has 2 amide bonds. The van der Waals surface area contributed by atoms with Crippen molar-refractivity contribution >= 4 is 35.7 Å². The summed E-state index contributed by atoms with van der Waals surface area (Å²) in [6.45, 7) is 2.35. The number of likely N-dealkylation sites (tertiary alicyclic amines) is 1. The first-order valence-corrected chi connectivity index (χ1v) is 13.6. The molecule has 2 fully saturated rings. The Labute approximate surface area is 222 Å². The van der Waals surface area contributed by atoms with E-state index in [1.807, 2.05) is 30.3 Å². The molecule has 2 heterocycles. The summed E-state index contributed by atoms with van der Waals surface area (Å²) in [5.41, 5.74) is 2.62. The molecule has 2 saturated heterocycles. The number of carboxylic acid groups (broad SMARTS) is 1. The summed E-state index contributed by atoms with van der Waals surface area (Å²) in [6, 6.07) is 10.9. The monoisotopic (exact) mass is 519 g/mol. The number of imide groups is 1. The van der Waals surface area contributed by atoms with Crippen molar-refractivity contribution < 1.29 is 34.3 Å². The Kier molecular flexibility index (Phi) is 7.59. The normalized spacial score (nSPS) is 25.2. The number of carbonyl (C=O) groups is 3. The largest absolute Gasteiger partial charge is 0.507 e. The molecule has 2 aliphatic heterocycles. The third kappa shape index (κ3) is 4.73. The van der Waals surface area contributed by atoms with Crippen LogP contribution in [0.15, 0.2) is 47.4 Å². The number of unbranched alkanes of at least 4 members (excludes halogenated alkanes) is 2. The Morgan fingerprint density at radius 2 is 1.82 bits per heavy atom. The zero-order valence-corrected chi connectivity index (χ0v) is 21.6. The Balaban J connectivity index is 1.44. The number of carboxylic acids is 1. The van der Waals surface area contributed by atoms with Crippen molar-refractivity contribution in [2.75, 3.05) is 6.54 Å². The van der Waals surface area contributed by atoms with Crippen LogP contribution in [0.25, 0.3) is 10.8 Å². The minimum Gasteiger partial charge on any atom is -0.507 e. The van der Waals surface area contributed by atoms with Gasteiger partial charge in [0.05, 0.1) is 17.9 Å². The molecule has 1 aliphatic carbocycles. The number of phenols is 1. The highest BCUT2D eigenvalue weighted by Crippen LogP contribution is 2.52. The van der Waals surface area contributed by atoms with E-state index < -0.39 is 31.0 Å². The van der Waals surface area contributed by atoms with Gasteiger partial charge in [0.2, 0.25) is 11.8 Å². The maximum Gasteiger partial charge on any atom is 0.487 e. The van der Waals surface area contributed by atoms with Crippen molar-refractivity contribution in [1.29, 1.82) is 0 Å². The molecule has 8 nitrogen and oxygen atoms in total. The molecule has 0 saturated carbocycles. The molecule has 0 spiro atoms. The molecule has 0 radical (unpaired) electrons. The highest BCUT2D eigenvalue weighted by Gasteiger charge is 2.57. The number of allylic oxidation sites excluding steroid dienone is 2. The van der Waals surface area contributed by atoms with Gasteiger partial charge in [0.25, 0.3) is 0 Å². The minimum absolute atomic E-state index is 0.0775. The van der Waals surface area contributed by atoms with Gasteiger partial charge in [-0.05, 0) is 60.5 Å². The van der Waals surface area contributed by atoms with Crippen LogP contribution < -0.4 is 0 Å². The second-order valence-electron chi connectivity index (χ2n) is 10.7. The average Bonchev–Trinajstić information content (AvgIpc) is 3.13. The van der Waals surface area contributed by atoms with Crippen molar-refractivity contribution in [1.82, 2.24) is 4.90 Å². The van der Waals surface area contributed by atoms with Crippen molar-refractivity contribution in [2.24, 2.45) is 17.8 Å². The van der Waals surface area contributed by atoms with Gasteiger partial charge in [-0.15, -0.1) is 0 Å². The number of phenolic OH excluding ortho intramolecular Hbond substituents is 1. The molecule has 0 bridgehead atoms. The molecule has 9 heteroatoms. The molecule has 2 aromatic carbocycles. The number of aromatic hydroxyl groups is 1. The fourth-order valence-corrected chi connectivity index (χ4v) is 6.75. The summed E-state index contributed by atoms with van der Waals surface area (Å²) in [4.78, 5) is 39.3. The van der Waals surface area contributed by atoms with Crippen LogP contribution in [-0.2, 0) is 19.0 Å². The zero-order chi connectivity index (χ0) is 27.0. The van der Waals surface area contributed by atoms with E-state index >= 15 is 0 Å². The molecule has 4 atom stereocenters. The molecule has 3 aliphatic rings. The molecule has 5 rings (SSSR count). The van der Waals surface area contributed by atoms with Crippen LogP contribution in [0.2, 0.25) is 0 Å². The summed E-state index contributed by atoms with van der Waals surface area (Å²) < 4.78 is 6.17. The van der Waals surface area contributed by atoms with Gasteiger partial charge in [-0.1, -0.05) is 55.7 Å². The number of aliphatic carboxylic acids is 1. The predicted octanol–water partition coefficient (Wildman–Crippen LogP) is 4.39. The number of hydrogen-bond donors (Lipinski definition) is 3. The lowest BCUT2D eigenvalue weighted by Gasteiger charge is -2.42. The van der Waals surface area contributed by atoms with Crippen molar-refractivity contribution in [3.63, 3.8) is 0 Å². The molecule has 0 unspecified atom stereocenters. The quantitative estimate of drug-likeness (QED) is 0.255. The summed E-state index contributed by atoms with van der Waals surface area (Å²) in [5.74, 6) is -2.33. The van der Waals surface area contributed by atoms with Crippen LogP contribution in [0.4, 0.5) is 0 Å². The lowest BCUT2D eigenvalue weighted by Crippen LogP contribution is -2.45. The van der Waals surface area contributed by atoms with E-state index in [1.165, 1.54) is 4.90 Å². The maximum absolute atomic E-state index is 13.7. The number of hydrogen-bond acceptors (Lipinski definition) is 6. The highest BCUT2D eigenvalue weighted by molar-refractivity contribution is 6.53. The number of rotatable bonds is 9. The first kappa shape index (κ1) is 26.4. The van der Waals surface area contributed by atoms with Gasteiger partial charge in [0, 0.05) is 18.4 Å². The number of benzene rings is 2. The highest BCUT2D eigenvalue weighted by atomic mass is 16.5. The first-order chi connectivity index (χ1) is 18.3. The van der Waals surface area contributed by atoms with Crippen LogP contribution in [-0.4, -0.2) is 51.6 Å². The van der Waals surface area contributed by atoms with Crippen molar-refractivity contribution in [3.05, 3.63) is 53.0 Å². The Hall–Kier alpha value is -3.17. The third-order valence-electron chi connectivity index (χ3n) is 8.41. The van der Waals surface area contributed by atoms with E-state index in [9.17, 15) is 24.5 Å². The molecular formula is C29H34BNO7. The van der Waals surface area contributed by atoms with Gasteiger partial charge < -0.3 is 19.9 Å². The van der Waals surface area contributed by atoms with Crippen LogP contribution in [0.5, 0.6) is 5.75 Å². The molecule has 200 valence electrons. The predicted molar refractivity (Wildman–Crippen MR) is 142 cm³/mol. The second-order valence-corrected chi connectivity index (χ2v) is 10.7. The summed E-state index contributed by atoms with van der Waals surface area (Å²) in [5, 5.41) is 32.0. The topological polar surface area (TPSA) is 124 Å². The zero-order valence-electron chi connectivity index (χ0n) is 21.6. The van der Waals surface area contributed by atoms with Gasteiger partial charge in [-0.25, -0.2) is 0 Å². The summed E-state index contributed by atoms with van der Waals surface area (Å²) >= 11 is 0. The number of nitrogens with zero attached hydrogens (tertiary/aromatic N) is 1. The maximum atomic E-state index is 13.7. The summed E-state index contributed by atoms with van der Waals surface area (Å²) in [7, 11) is -1.17. The van der Waals surface area contributed by atoms with Crippen molar-refractivity contribution in [3.8, 4) is 5.75 Å². The molecule has 3 N–H and O–H groups in total. The number of fused-ring (bicyclic) bond motifs is 4. The van der Waals surface area contributed by atoms with Gasteiger partial charge in [-0.3, -0.25) is 19.3 Å². The Morgan fingerprint density at radius 1 is 1.05 bits per heavy atom. The molecule has 0 aromatic heterocycles. The smallest absolute Gasteiger partial charge is 0.487 e. The Bertz CT molecular complexity index is 1290. The van der Waals surface area contributed by atoms with Gasteiger partial charge in [0.15, 0.2) is 0 Å². The number of amides is 2. The fourth-order valence-electron chi connectivity index (χ4n) is 6.75. The first-order valence-electron chi connectivity index (χ1n) is 13.6. The average molecular weight is 519 g/mol. The lowest BCUT2D eigenvalue weighted by atomic mass is 9.54. The van der Waals surface area contributed by atoms with E-state index in [4.69, 9.17) is 9.76 Å². The van der Waals surface area contributed by atoms with Crippen LogP contribution >= 0.6 is 0 Å². The van der Waals surface area contributed by atoms with E-state index in [1.54, 1.807) is 6.07 Å². The molecule has 38 heavy (non-hydrogen) atoms. The molecular weight excluding hydrogens is 485 g/mol. The molecule has 2 aromatic rings. The number of carbonyl (C=O) groups excluding carboxylic acids is 2. The van der Waals surface area contributed by atoms with Crippen LogP contribution in [0.1, 0.15) is 70.0 Å². The van der Waals surface area contributed by atoms with Crippen molar-refractivity contribution in [2.45, 2.75) is 64.4 Å². The Morgan fingerprint density at radius 3 is 2.55 bits per heavy atom. The van der Waals surface area contributed by atoms with E-state index in [0.29, 0.717) is 44.0 Å². The van der Waals surface area contributed by atoms with E-state index in [2.05, 4.69) is 6.92 Å². The van der Waals surface area contributed by atoms with Crippen LogP contribution in [0.3, 0.4) is 0 Å². The SMILES string of the molecule is CCCC1=C2B(O)O[C@H](c3ccc(O)c4ccccc34)C[C@H]2[C@H]2C(=O)N(CCCCCC(=O)O)C(=O)[C@H]2C1. The fraction of sp³-hybridized carbons (Fsp3) is 0.483. The van der Waals surface area contributed by atoms with E-state index in [0.717, 1.165) is 34.8 Å². The lowest BCUT2D eigenvalue weighted by molar-refractivity contribution is -0.141. The summed E-state index contributed by atoms with van der Waals surface area (Å²) in [6.07, 6.45) is 3.81.